The zero-order chi connectivity index (χ0) is 23.8. The number of esters is 1. The van der Waals surface area contributed by atoms with Crippen LogP contribution in [-0.4, -0.2) is 65.3 Å². The van der Waals surface area contributed by atoms with Crippen LogP contribution in [0.1, 0.15) is 37.7 Å². The Morgan fingerprint density at radius 3 is 2.41 bits per heavy atom. The molecule has 0 unspecified atom stereocenters. The molecule has 3 aliphatic rings. The third-order valence-corrected chi connectivity index (χ3v) is 7.36. The molecule has 2 aromatic rings. The summed E-state index contributed by atoms with van der Waals surface area (Å²) in [4.78, 5) is 29.9. The molecule has 2 amide bonds. The number of urea groups is 1. The lowest BCUT2D eigenvalue weighted by atomic mass is 9.87. The quantitative estimate of drug-likeness (QED) is 0.690. The van der Waals surface area contributed by atoms with Crippen molar-refractivity contribution in [3.63, 3.8) is 0 Å². The number of hydrogen-bond donors (Lipinski definition) is 1. The Labute approximate surface area is 198 Å². The second-order valence-corrected chi connectivity index (χ2v) is 9.30. The molecule has 1 N–H and O–H groups in total. The Balaban J connectivity index is 1.50. The fourth-order valence-electron chi connectivity index (χ4n) is 5.62. The van der Waals surface area contributed by atoms with Gasteiger partial charge in [-0.15, -0.1) is 0 Å². The zero-order valence-corrected chi connectivity index (χ0v) is 19.2. The summed E-state index contributed by atoms with van der Waals surface area (Å²) in [7, 11) is 1.34. The summed E-state index contributed by atoms with van der Waals surface area (Å²) in [6.45, 7) is 1.01. The number of carbonyl (C=O) groups is 2. The van der Waals surface area contributed by atoms with Gasteiger partial charge < -0.3 is 19.6 Å². The molecule has 0 spiro atoms. The molecule has 7 heteroatoms. The lowest BCUT2D eigenvalue weighted by molar-refractivity contribution is -0.136. The molecule has 2 saturated heterocycles. The molecule has 2 fully saturated rings. The van der Waals surface area contributed by atoms with E-state index >= 15 is 4.39 Å². The van der Waals surface area contributed by atoms with Crippen LogP contribution < -0.4 is 0 Å². The van der Waals surface area contributed by atoms with Crippen LogP contribution in [0.5, 0.6) is 0 Å². The fraction of sp³-hybridized carbons (Fsp3) is 0.407. The normalized spacial score (nSPS) is 22.8. The van der Waals surface area contributed by atoms with E-state index in [0.29, 0.717) is 55.5 Å². The highest BCUT2D eigenvalue weighted by Gasteiger charge is 2.48. The van der Waals surface area contributed by atoms with Crippen molar-refractivity contribution in [2.75, 3.05) is 20.2 Å². The van der Waals surface area contributed by atoms with Gasteiger partial charge in [0.05, 0.1) is 24.8 Å². The molecule has 0 saturated carbocycles. The van der Waals surface area contributed by atoms with E-state index in [9.17, 15) is 14.7 Å². The van der Waals surface area contributed by atoms with Gasteiger partial charge in [0.25, 0.3) is 0 Å². The summed E-state index contributed by atoms with van der Waals surface area (Å²) >= 11 is 0. The lowest BCUT2D eigenvalue weighted by Crippen LogP contribution is -2.54. The molecule has 6 nitrogen and oxygen atoms in total. The smallest absolute Gasteiger partial charge is 0.336 e. The van der Waals surface area contributed by atoms with Gasteiger partial charge in [-0.1, -0.05) is 42.5 Å². The maximum absolute atomic E-state index is 15.2. The topological polar surface area (TPSA) is 70.1 Å². The predicted molar refractivity (Wildman–Crippen MR) is 126 cm³/mol. The number of rotatable bonds is 3. The molecule has 5 rings (SSSR count). The molecule has 0 aromatic heterocycles. The molecule has 2 aromatic carbocycles. The first-order chi connectivity index (χ1) is 16.5. The lowest BCUT2D eigenvalue weighted by Gasteiger charge is -2.41. The Morgan fingerprint density at radius 2 is 1.74 bits per heavy atom. The van der Waals surface area contributed by atoms with E-state index < -0.39 is 12.0 Å². The average Bonchev–Trinajstić information content (AvgIpc) is 3.17. The molecule has 2 bridgehead atoms. The number of nitrogens with zero attached hydrogens (tertiary/aromatic N) is 2. The second kappa shape index (κ2) is 9.22. The fourth-order valence-corrected chi connectivity index (χ4v) is 5.62. The molecular weight excluding hydrogens is 435 g/mol. The van der Waals surface area contributed by atoms with Crippen molar-refractivity contribution in [2.45, 2.75) is 50.3 Å². The minimum atomic E-state index is -0.472. The number of hydrogen-bond acceptors (Lipinski definition) is 4. The van der Waals surface area contributed by atoms with Gasteiger partial charge in [-0.3, -0.25) is 0 Å². The van der Waals surface area contributed by atoms with Crippen molar-refractivity contribution in [3.05, 3.63) is 65.5 Å². The van der Waals surface area contributed by atoms with E-state index in [2.05, 4.69) is 0 Å². The molecular formula is C27H29FN2O4. The molecule has 34 heavy (non-hydrogen) atoms. The first-order valence-electron chi connectivity index (χ1n) is 11.9. The van der Waals surface area contributed by atoms with Crippen molar-refractivity contribution in [3.8, 4) is 11.1 Å². The number of methoxy groups -OCH3 is 1. The SMILES string of the molecule is COC(=O)C1=C(c2ccc(-c3ccccc3)c(F)c2)C[C@@H]2CC[C@H]1N2C(=O)N1CCC(O)CC1. The highest BCUT2D eigenvalue weighted by Crippen LogP contribution is 2.44. The van der Waals surface area contributed by atoms with E-state index in [1.165, 1.54) is 13.2 Å². The third kappa shape index (κ3) is 3.98. The van der Waals surface area contributed by atoms with E-state index in [4.69, 9.17) is 4.74 Å². The van der Waals surface area contributed by atoms with Gasteiger partial charge >= 0.3 is 12.0 Å². The average molecular weight is 465 g/mol. The number of amides is 2. The van der Waals surface area contributed by atoms with Crippen LogP contribution in [0.3, 0.4) is 0 Å². The number of aliphatic hydroxyl groups excluding tert-OH is 1. The summed E-state index contributed by atoms with van der Waals surface area (Å²) in [6, 6.07) is 13.9. The van der Waals surface area contributed by atoms with E-state index in [-0.39, 0.29) is 24.0 Å². The van der Waals surface area contributed by atoms with Crippen molar-refractivity contribution >= 4 is 17.6 Å². The minimum Gasteiger partial charge on any atom is -0.466 e. The number of halogens is 1. The number of piperidine rings is 1. The van der Waals surface area contributed by atoms with Crippen LogP contribution in [0.2, 0.25) is 0 Å². The summed E-state index contributed by atoms with van der Waals surface area (Å²) in [5, 5.41) is 9.81. The Kier molecular flexibility index (Phi) is 6.13. The van der Waals surface area contributed by atoms with Gasteiger partial charge in [0, 0.05) is 24.7 Å². The maximum Gasteiger partial charge on any atom is 0.336 e. The van der Waals surface area contributed by atoms with Crippen LogP contribution in [0, 0.1) is 5.82 Å². The monoisotopic (exact) mass is 464 g/mol. The van der Waals surface area contributed by atoms with Crippen LogP contribution in [0.4, 0.5) is 9.18 Å². The number of carbonyl (C=O) groups excluding carboxylic acids is 2. The van der Waals surface area contributed by atoms with Crippen molar-refractivity contribution < 1.29 is 23.8 Å². The van der Waals surface area contributed by atoms with Gasteiger partial charge in [-0.25, -0.2) is 14.0 Å². The predicted octanol–water partition coefficient (Wildman–Crippen LogP) is 4.23. The molecule has 2 atom stereocenters. The zero-order valence-electron chi connectivity index (χ0n) is 19.2. The molecule has 0 radical (unpaired) electrons. The maximum atomic E-state index is 15.2. The summed E-state index contributed by atoms with van der Waals surface area (Å²) < 4.78 is 20.3. The number of ether oxygens (including phenoxy) is 1. The van der Waals surface area contributed by atoms with Gasteiger partial charge in [-0.05, 0) is 54.9 Å². The Bertz CT molecular complexity index is 1120. The standard InChI is InChI=1S/C27H29FN2O4/c1-34-26(32)25-22(18-7-9-21(23(28)15-18)17-5-3-2-4-6-17)16-19-8-10-24(25)30(19)27(33)29-13-11-20(31)12-14-29/h2-7,9,15,19-20,24,31H,8,10-14,16H2,1H3/t19-,24+/m0/s1. The van der Waals surface area contributed by atoms with Gasteiger partial charge in [0.15, 0.2) is 0 Å². The van der Waals surface area contributed by atoms with Crippen LogP contribution >= 0.6 is 0 Å². The number of fused-ring (bicyclic) bond motifs is 2. The molecule has 3 aliphatic heterocycles. The second-order valence-electron chi connectivity index (χ2n) is 9.30. The number of aliphatic hydroxyl groups is 1. The number of benzene rings is 2. The van der Waals surface area contributed by atoms with Gasteiger partial charge in [-0.2, -0.15) is 0 Å². The Morgan fingerprint density at radius 1 is 1.00 bits per heavy atom. The minimum absolute atomic E-state index is 0.0513. The van der Waals surface area contributed by atoms with E-state index in [1.54, 1.807) is 11.0 Å². The molecule has 3 heterocycles. The van der Waals surface area contributed by atoms with Crippen LogP contribution in [0.25, 0.3) is 16.7 Å². The largest absolute Gasteiger partial charge is 0.466 e. The Hall–Kier alpha value is -3.19. The molecule has 0 aliphatic carbocycles. The number of likely N-dealkylation sites (tertiary alicyclic amines) is 1. The van der Waals surface area contributed by atoms with Crippen molar-refractivity contribution in [2.24, 2.45) is 0 Å². The first-order valence-corrected chi connectivity index (χ1v) is 11.9. The summed E-state index contributed by atoms with van der Waals surface area (Å²) in [6.07, 6.45) is 2.69. The third-order valence-electron chi connectivity index (χ3n) is 7.36. The van der Waals surface area contributed by atoms with Crippen molar-refractivity contribution in [1.29, 1.82) is 0 Å². The van der Waals surface area contributed by atoms with E-state index in [0.717, 1.165) is 17.6 Å². The first kappa shape index (κ1) is 22.6. The summed E-state index contributed by atoms with van der Waals surface area (Å²) in [5.74, 6) is -0.821. The van der Waals surface area contributed by atoms with E-state index in [1.807, 2.05) is 41.3 Å². The highest BCUT2D eigenvalue weighted by atomic mass is 19.1. The highest BCUT2D eigenvalue weighted by molar-refractivity contribution is 6.01. The van der Waals surface area contributed by atoms with Gasteiger partial charge in [0.2, 0.25) is 0 Å². The van der Waals surface area contributed by atoms with Crippen LogP contribution in [-0.2, 0) is 9.53 Å². The molecule has 178 valence electrons. The van der Waals surface area contributed by atoms with Crippen molar-refractivity contribution in [1.82, 2.24) is 9.80 Å². The van der Waals surface area contributed by atoms with Gasteiger partial charge in [0.1, 0.15) is 5.82 Å². The summed E-state index contributed by atoms with van der Waals surface area (Å²) in [5.41, 5.74) is 3.17. The van der Waals surface area contributed by atoms with Crippen LogP contribution in [0.15, 0.2) is 54.1 Å².